The van der Waals surface area contributed by atoms with E-state index in [4.69, 9.17) is 11.6 Å². The molecule has 2 heterocycles. The SMILES string of the molecule is O=c1[nH]c(=O)c2ncn(-c3ccc(Cl)cc3)c2[nH]1. The van der Waals surface area contributed by atoms with Gasteiger partial charge in [0.2, 0.25) is 0 Å². The topological polar surface area (TPSA) is 83.5 Å². The minimum absolute atomic E-state index is 0.185. The largest absolute Gasteiger partial charge is 0.327 e. The Hall–Kier alpha value is -2.34. The van der Waals surface area contributed by atoms with Crippen LogP contribution in [0.3, 0.4) is 0 Å². The van der Waals surface area contributed by atoms with E-state index in [0.29, 0.717) is 10.7 Å². The van der Waals surface area contributed by atoms with Crippen LogP contribution in [0.15, 0.2) is 40.2 Å². The third-order valence-electron chi connectivity index (χ3n) is 2.55. The Kier molecular flexibility index (Phi) is 2.31. The molecule has 0 amide bonds. The number of benzene rings is 1. The van der Waals surface area contributed by atoms with Crippen LogP contribution < -0.4 is 11.2 Å². The van der Waals surface area contributed by atoms with Crippen LogP contribution in [0.25, 0.3) is 16.9 Å². The van der Waals surface area contributed by atoms with Crippen LogP contribution in [0, 0.1) is 0 Å². The molecule has 1 aromatic carbocycles. The molecule has 0 saturated heterocycles. The van der Waals surface area contributed by atoms with E-state index >= 15 is 0 Å². The van der Waals surface area contributed by atoms with E-state index in [9.17, 15) is 9.59 Å². The number of nitrogens with one attached hydrogen (secondary N) is 2. The quantitative estimate of drug-likeness (QED) is 0.688. The van der Waals surface area contributed by atoms with Gasteiger partial charge in [0.15, 0.2) is 11.2 Å². The van der Waals surface area contributed by atoms with Gasteiger partial charge in [-0.1, -0.05) is 11.6 Å². The fourth-order valence-electron chi connectivity index (χ4n) is 1.73. The molecule has 2 aromatic heterocycles. The number of fused-ring (bicyclic) bond motifs is 1. The van der Waals surface area contributed by atoms with Crippen molar-refractivity contribution in [3.63, 3.8) is 0 Å². The lowest BCUT2D eigenvalue weighted by Gasteiger charge is -2.03. The van der Waals surface area contributed by atoms with Gasteiger partial charge in [0.25, 0.3) is 5.56 Å². The Balaban J connectivity index is 2.33. The van der Waals surface area contributed by atoms with Crippen molar-refractivity contribution in [3.8, 4) is 5.69 Å². The number of hydrogen-bond acceptors (Lipinski definition) is 3. The number of imidazole rings is 1. The van der Waals surface area contributed by atoms with E-state index in [-0.39, 0.29) is 5.52 Å². The smallest absolute Gasteiger partial charge is 0.291 e. The molecule has 18 heavy (non-hydrogen) atoms. The molecule has 2 N–H and O–H groups in total. The van der Waals surface area contributed by atoms with E-state index in [1.165, 1.54) is 6.33 Å². The van der Waals surface area contributed by atoms with Crippen molar-refractivity contribution in [2.24, 2.45) is 0 Å². The van der Waals surface area contributed by atoms with Crippen molar-refractivity contribution in [1.29, 1.82) is 0 Å². The summed E-state index contributed by atoms with van der Waals surface area (Å²) >= 11 is 5.80. The summed E-state index contributed by atoms with van der Waals surface area (Å²) in [6, 6.07) is 6.97. The summed E-state index contributed by atoms with van der Waals surface area (Å²) in [5, 5.41) is 0.606. The van der Waals surface area contributed by atoms with Gasteiger partial charge in [-0.25, -0.2) is 9.78 Å². The second-order valence-corrected chi connectivity index (χ2v) is 4.13. The predicted molar refractivity (Wildman–Crippen MR) is 67.3 cm³/mol. The molecular weight excluding hydrogens is 256 g/mol. The van der Waals surface area contributed by atoms with Crippen LogP contribution in [-0.2, 0) is 0 Å². The molecule has 6 nitrogen and oxygen atoms in total. The molecule has 0 spiro atoms. The second-order valence-electron chi connectivity index (χ2n) is 3.70. The Morgan fingerprint density at radius 3 is 2.56 bits per heavy atom. The first-order valence-electron chi connectivity index (χ1n) is 5.11. The first-order valence-corrected chi connectivity index (χ1v) is 5.48. The molecule has 0 aliphatic carbocycles. The molecule has 90 valence electrons. The maximum Gasteiger partial charge on any atom is 0.327 e. The Morgan fingerprint density at radius 1 is 1.11 bits per heavy atom. The monoisotopic (exact) mass is 262 g/mol. The van der Waals surface area contributed by atoms with Crippen LogP contribution in [-0.4, -0.2) is 19.5 Å². The number of rotatable bonds is 1. The summed E-state index contributed by atoms with van der Waals surface area (Å²) in [6.45, 7) is 0. The van der Waals surface area contributed by atoms with Crippen LogP contribution in [0.5, 0.6) is 0 Å². The maximum absolute atomic E-state index is 11.5. The number of hydrogen-bond donors (Lipinski definition) is 2. The molecule has 0 bridgehead atoms. The summed E-state index contributed by atoms with van der Waals surface area (Å²) < 4.78 is 1.61. The molecule has 0 aliphatic heterocycles. The fraction of sp³-hybridized carbons (Fsp3) is 0. The van der Waals surface area contributed by atoms with E-state index in [1.54, 1.807) is 28.8 Å². The average molecular weight is 263 g/mol. The van der Waals surface area contributed by atoms with Crippen LogP contribution in [0.4, 0.5) is 0 Å². The first-order chi connectivity index (χ1) is 8.65. The van der Waals surface area contributed by atoms with Crippen molar-refractivity contribution in [3.05, 3.63) is 56.5 Å². The summed E-state index contributed by atoms with van der Waals surface area (Å²) in [7, 11) is 0. The average Bonchev–Trinajstić information content (AvgIpc) is 2.74. The third kappa shape index (κ3) is 1.63. The van der Waals surface area contributed by atoms with E-state index < -0.39 is 11.2 Å². The van der Waals surface area contributed by atoms with Crippen molar-refractivity contribution in [2.45, 2.75) is 0 Å². The molecular formula is C11H7ClN4O2. The van der Waals surface area contributed by atoms with Gasteiger partial charge < -0.3 is 0 Å². The Labute approximate surface area is 105 Å². The fourth-order valence-corrected chi connectivity index (χ4v) is 1.86. The van der Waals surface area contributed by atoms with E-state index in [1.807, 2.05) is 0 Å². The predicted octanol–water partition coefficient (Wildman–Crippen LogP) is 1.06. The Morgan fingerprint density at radius 2 is 1.83 bits per heavy atom. The van der Waals surface area contributed by atoms with Crippen LogP contribution in [0.2, 0.25) is 5.02 Å². The summed E-state index contributed by atoms with van der Waals surface area (Å²) in [6.07, 6.45) is 1.47. The summed E-state index contributed by atoms with van der Waals surface area (Å²) in [5.74, 6) is 0. The zero-order valence-electron chi connectivity index (χ0n) is 8.98. The van der Waals surface area contributed by atoms with E-state index in [2.05, 4.69) is 15.0 Å². The van der Waals surface area contributed by atoms with Crippen molar-refractivity contribution < 1.29 is 0 Å². The van der Waals surface area contributed by atoms with Gasteiger partial charge >= 0.3 is 5.69 Å². The van der Waals surface area contributed by atoms with Crippen molar-refractivity contribution in [1.82, 2.24) is 19.5 Å². The number of H-pyrrole nitrogens is 2. The zero-order chi connectivity index (χ0) is 12.7. The lowest BCUT2D eigenvalue weighted by atomic mass is 10.3. The number of halogens is 1. The summed E-state index contributed by atoms with van der Waals surface area (Å²) in [4.78, 5) is 31.4. The van der Waals surface area contributed by atoms with Crippen molar-refractivity contribution in [2.75, 3.05) is 0 Å². The third-order valence-corrected chi connectivity index (χ3v) is 2.80. The van der Waals surface area contributed by atoms with Crippen LogP contribution in [0.1, 0.15) is 0 Å². The maximum atomic E-state index is 11.5. The number of nitrogens with zero attached hydrogens (tertiary/aromatic N) is 2. The van der Waals surface area contributed by atoms with Gasteiger partial charge in [0, 0.05) is 10.7 Å². The van der Waals surface area contributed by atoms with Gasteiger partial charge in [-0.05, 0) is 24.3 Å². The lowest BCUT2D eigenvalue weighted by molar-refractivity contribution is 1.02. The molecule has 0 aliphatic rings. The first kappa shape index (κ1) is 10.8. The van der Waals surface area contributed by atoms with Gasteiger partial charge in [-0.15, -0.1) is 0 Å². The molecule has 3 aromatic rings. The minimum Gasteiger partial charge on any atom is -0.291 e. The normalized spacial score (nSPS) is 10.9. The molecule has 0 atom stereocenters. The molecule has 0 unspecified atom stereocenters. The lowest BCUT2D eigenvalue weighted by Crippen LogP contribution is -2.22. The van der Waals surface area contributed by atoms with Crippen LogP contribution >= 0.6 is 11.6 Å². The molecule has 0 radical (unpaired) electrons. The highest BCUT2D eigenvalue weighted by Crippen LogP contribution is 2.16. The molecule has 0 saturated carbocycles. The Bertz CT molecular complexity index is 829. The summed E-state index contributed by atoms with van der Waals surface area (Å²) in [5.41, 5.74) is 0.212. The van der Waals surface area contributed by atoms with Gasteiger partial charge in [0.1, 0.15) is 6.33 Å². The van der Waals surface area contributed by atoms with Gasteiger partial charge in [-0.3, -0.25) is 19.3 Å². The van der Waals surface area contributed by atoms with Crippen molar-refractivity contribution >= 4 is 22.8 Å². The minimum atomic E-state index is -0.566. The highest BCUT2D eigenvalue weighted by Gasteiger charge is 2.08. The molecule has 0 fully saturated rings. The molecule has 7 heteroatoms. The number of aromatic nitrogens is 4. The van der Waals surface area contributed by atoms with Gasteiger partial charge in [-0.2, -0.15) is 0 Å². The zero-order valence-corrected chi connectivity index (χ0v) is 9.73. The standard InChI is InChI=1S/C11H7ClN4O2/c12-6-1-3-7(4-2-6)16-5-13-8-9(16)14-11(18)15-10(8)17/h1-5H,(H2,14,15,17,18). The van der Waals surface area contributed by atoms with E-state index in [0.717, 1.165) is 5.69 Å². The molecule has 3 rings (SSSR count). The highest BCUT2D eigenvalue weighted by atomic mass is 35.5. The highest BCUT2D eigenvalue weighted by molar-refractivity contribution is 6.30. The number of aromatic amines is 2. The second kappa shape index (κ2) is 3.85. The van der Waals surface area contributed by atoms with Gasteiger partial charge in [0.05, 0.1) is 0 Å².